The minimum absolute atomic E-state index is 0.210. The molecule has 2 rings (SSSR count). The van der Waals surface area contributed by atoms with E-state index in [1.165, 1.54) is 5.57 Å². The first-order chi connectivity index (χ1) is 7.13. The zero-order chi connectivity index (χ0) is 11.5. The van der Waals surface area contributed by atoms with Gasteiger partial charge in [0.05, 0.1) is 0 Å². The Kier molecular flexibility index (Phi) is 10.6. The average Bonchev–Trinajstić information content (AvgIpc) is 2.75. The van der Waals surface area contributed by atoms with E-state index >= 15 is 0 Å². The van der Waals surface area contributed by atoms with E-state index in [4.69, 9.17) is 0 Å². The summed E-state index contributed by atoms with van der Waals surface area (Å²) in [5.41, 5.74) is 1.55. The molecule has 0 fully saturated rings. The van der Waals surface area contributed by atoms with Gasteiger partial charge in [0.1, 0.15) is 0 Å². The van der Waals surface area contributed by atoms with Gasteiger partial charge < -0.3 is 0 Å². The summed E-state index contributed by atoms with van der Waals surface area (Å²) in [4.78, 5) is 0. The molecule has 0 nitrogen and oxygen atoms in total. The van der Waals surface area contributed by atoms with E-state index in [2.05, 4.69) is 44.3 Å². The number of hydrogen-bond acceptors (Lipinski definition) is 0. The average molecular weight is 294 g/mol. The van der Waals surface area contributed by atoms with Crippen LogP contribution in [0.15, 0.2) is 36.0 Å². The van der Waals surface area contributed by atoms with Crippen LogP contribution >= 0.6 is 0 Å². The van der Waals surface area contributed by atoms with Gasteiger partial charge in [0.15, 0.2) is 0 Å². The van der Waals surface area contributed by atoms with Gasteiger partial charge in [-0.3, -0.25) is 12.2 Å². The van der Waals surface area contributed by atoms with Crippen LogP contribution in [0.4, 0.5) is 0 Å². The van der Waals surface area contributed by atoms with E-state index in [1.54, 1.807) is 23.3 Å². The van der Waals surface area contributed by atoms with E-state index in [9.17, 15) is 0 Å². The summed E-state index contributed by atoms with van der Waals surface area (Å²) < 4.78 is 0. The number of hydrogen-bond donors (Lipinski definition) is 0. The fourth-order valence-electron chi connectivity index (χ4n) is 0.839. The molecule has 0 radical (unpaired) electrons. The molecular weight excluding hydrogens is 275 g/mol. The van der Waals surface area contributed by atoms with Crippen molar-refractivity contribution in [3.8, 4) is 0 Å². The first-order valence-electron chi connectivity index (χ1n) is 5.09. The Bertz CT molecular complexity index is 279. The molecule has 0 saturated heterocycles. The Hall–Kier alpha value is 0.0600. The van der Waals surface area contributed by atoms with Crippen molar-refractivity contribution >= 4 is 5.43 Å². The van der Waals surface area contributed by atoms with Crippen molar-refractivity contribution in [2.24, 2.45) is 0 Å². The molecule has 2 aliphatic rings. The van der Waals surface area contributed by atoms with Gasteiger partial charge in [-0.25, -0.2) is 23.8 Å². The summed E-state index contributed by atoms with van der Waals surface area (Å²) in [7, 11) is 0. The van der Waals surface area contributed by atoms with Gasteiger partial charge >= 0.3 is 41.9 Å². The first-order valence-corrected chi connectivity index (χ1v) is 11.3. The predicted molar refractivity (Wildman–Crippen MR) is 65.2 cm³/mol. The molecule has 0 amide bonds. The molecule has 0 heterocycles. The smallest absolute Gasteiger partial charge is 0.109 e. The summed E-state index contributed by atoms with van der Waals surface area (Å²) in [5.74, 6) is 0. The summed E-state index contributed by atoms with van der Waals surface area (Å²) in [6.07, 6.45) is 18.2. The molecule has 0 spiro atoms. The van der Waals surface area contributed by atoms with Gasteiger partial charge in [0.25, 0.3) is 0 Å². The van der Waals surface area contributed by atoms with E-state index in [1.807, 2.05) is 18.2 Å². The molecule has 0 N–H and O–H groups in total. The van der Waals surface area contributed by atoms with E-state index in [0.29, 0.717) is 0 Å². The molecule has 15 heavy (non-hydrogen) atoms. The quantitative estimate of drug-likeness (QED) is 0.471. The van der Waals surface area contributed by atoms with Gasteiger partial charge in [0, 0.05) is 0 Å². The van der Waals surface area contributed by atoms with E-state index in [-0.39, 0.29) is 5.43 Å². The Morgan fingerprint density at radius 2 is 1.93 bits per heavy atom. The molecule has 0 aromatic heterocycles. The van der Waals surface area contributed by atoms with Crippen LogP contribution in [-0.2, 0) is 23.3 Å². The van der Waals surface area contributed by atoms with Crippen molar-refractivity contribution in [1.29, 1.82) is 0 Å². The molecule has 0 aromatic carbocycles. The molecule has 2 aliphatic carbocycles. The molecular formula is C13H18SiZr. The minimum atomic E-state index is 0.210. The molecule has 0 saturated carbocycles. The SMILES string of the molecule is CC1=CC[C-]=C1.C[Si](C)=[Zr+2].[C-]1=CC=CC1. The molecule has 0 unspecified atom stereocenters. The standard InChI is InChI=1S/C6H7.C5H5.C2H6Si.Zr/c1-6-4-2-3-5-6;1-2-4-5-3-1;1-3-2;/h4-5H,2H2,1H3;1-3H,4H2;1-2H3;/q2*-1;;+2. The normalized spacial score (nSPS) is 15.1. The van der Waals surface area contributed by atoms with Crippen molar-refractivity contribution in [3.05, 3.63) is 48.1 Å². The molecule has 78 valence electrons. The Morgan fingerprint density at radius 3 is 2.07 bits per heavy atom. The van der Waals surface area contributed by atoms with Crippen LogP contribution < -0.4 is 0 Å². The molecule has 0 aromatic rings. The van der Waals surface area contributed by atoms with Crippen LogP contribution in [0, 0.1) is 12.2 Å². The maximum atomic E-state index is 3.05. The van der Waals surface area contributed by atoms with Crippen molar-refractivity contribution in [3.63, 3.8) is 0 Å². The van der Waals surface area contributed by atoms with E-state index < -0.39 is 0 Å². The van der Waals surface area contributed by atoms with Crippen molar-refractivity contribution in [2.75, 3.05) is 0 Å². The monoisotopic (exact) mass is 292 g/mol. The summed E-state index contributed by atoms with van der Waals surface area (Å²) in [6.45, 7) is 6.70. The third-order valence-electron chi connectivity index (χ3n) is 1.46. The third-order valence-corrected chi connectivity index (χ3v) is 1.46. The second-order valence-corrected chi connectivity index (χ2v) is 12.9. The van der Waals surface area contributed by atoms with Crippen LogP contribution in [0.3, 0.4) is 0 Å². The zero-order valence-corrected chi connectivity index (χ0v) is 13.3. The van der Waals surface area contributed by atoms with E-state index in [0.717, 1.165) is 12.8 Å². The number of allylic oxidation sites excluding steroid dienone is 8. The summed E-state index contributed by atoms with van der Waals surface area (Å²) in [5, 5.41) is 0. The third kappa shape index (κ3) is 14.1. The van der Waals surface area contributed by atoms with Crippen LogP contribution in [0.1, 0.15) is 19.8 Å². The van der Waals surface area contributed by atoms with Crippen molar-refractivity contribution in [2.45, 2.75) is 32.9 Å². The second kappa shape index (κ2) is 10.6. The maximum absolute atomic E-state index is 3.05. The van der Waals surface area contributed by atoms with Gasteiger partial charge in [-0.1, -0.05) is 0 Å². The van der Waals surface area contributed by atoms with Crippen LogP contribution in [0.25, 0.3) is 0 Å². The maximum Gasteiger partial charge on any atom is -0.109 e. The van der Waals surface area contributed by atoms with Crippen LogP contribution in [0.2, 0.25) is 13.1 Å². The minimum Gasteiger partial charge on any atom is -0.273 e. The fourth-order valence-corrected chi connectivity index (χ4v) is 0.839. The fraction of sp³-hybridized carbons (Fsp3) is 0.385. The Morgan fingerprint density at radius 1 is 1.27 bits per heavy atom. The zero-order valence-electron chi connectivity index (χ0n) is 9.80. The van der Waals surface area contributed by atoms with Gasteiger partial charge in [0.2, 0.25) is 0 Å². The van der Waals surface area contributed by atoms with Gasteiger partial charge in [-0.2, -0.15) is 12.2 Å². The van der Waals surface area contributed by atoms with Crippen molar-refractivity contribution < 1.29 is 23.3 Å². The van der Waals surface area contributed by atoms with Crippen molar-refractivity contribution in [1.82, 2.24) is 0 Å². The second-order valence-electron chi connectivity index (χ2n) is 3.50. The van der Waals surface area contributed by atoms with Gasteiger partial charge in [-0.15, -0.1) is 19.8 Å². The largest absolute Gasteiger partial charge is 0.273 e. The number of rotatable bonds is 0. The molecule has 0 atom stereocenters. The molecule has 2 heteroatoms. The summed E-state index contributed by atoms with van der Waals surface area (Å²) in [6, 6.07) is 0. The molecule has 0 aliphatic heterocycles. The Labute approximate surface area is 109 Å². The van der Waals surface area contributed by atoms with Crippen LogP contribution in [-0.4, -0.2) is 5.43 Å². The summed E-state index contributed by atoms with van der Waals surface area (Å²) >= 11 is 1.74. The first kappa shape index (κ1) is 15.1. The Balaban J connectivity index is 0.000000202. The van der Waals surface area contributed by atoms with Gasteiger partial charge in [-0.05, 0) is 0 Å². The predicted octanol–water partition coefficient (Wildman–Crippen LogP) is 3.79. The topological polar surface area (TPSA) is 0 Å². The van der Waals surface area contributed by atoms with Crippen LogP contribution in [0.5, 0.6) is 0 Å². The molecule has 0 bridgehead atoms.